The van der Waals surface area contributed by atoms with Gasteiger partial charge in [0.25, 0.3) is 0 Å². The van der Waals surface area contributed by atoms with Crippen LogP contribution in [0.1, 0.15) is 18.4 Å². The second-order valence-electron chi connectivity index (χ2n) is 4.28. The Balaban J connectivity index is 1.97. The molecule has 0 aliphatic carbocycles. The number of likely N-dealkylation sites (N-methyl/N-ethyl adjacent to an activating group) is 1. The normalized spacial score (nSPS) is 22.2. The molecule has 1 aromatic carbocycles. The van der Waals surface area contributed by atoms with Gasteiger partial charge in [0.1, 0.15) is 0 Å². The maximum absolute atomic E-state index is 3.48. The van der Waals surface area contributed by atoms with Crippen molar-refractivity contribution < 1.29 is 0 Å². The third-order valence-electron chi connectivity index (χ3n) is 3.15. The summed E-state index contributed by atoms with van der Waals surface area (Å²) in [6, 6.07) is 9.54. The van der Waals surface area contributed by atoms with Crippen molar-refractivity contribution in [3.63, 3.8) is 0 Å². The molecule has 2 unspecified atom stereocenters. The second-order valence-corrected chi connectivity index (χ2v) is 6.87. The lowest BCUT2D eigenvalue weighted by Gasteiger charge is -2.22. The van der Waals surface area contributed by atoms with Gasteiger partial charge in [0.05, 0.1) is 0 Å². The van der Waals surface area contributed by atoms with Crippen LogP contribution in [0.15, 0.2) is 24.3 Å². The van der Waals surface area contributed by atoms with Crippen molar-refractivity contribution in [3.05, 3.63) is 33.4 Å². The predicted octanol–water partition coefficient (Wildman–Crippen LogP) is 3.32. The van der Waals surface area contributed by atoms with E-state index in [1.165, 1.54) is 27.7 Å². The molecule has 0 spiro atoms. The Kier molecular flexibility index (Phi) is 4.97. The first-order valence-electron chi connectivity index (χ1n) is 5.83. The van der Waals surface area contributed by atoms with Crippen LogP contribution >= 0.6 is 34.4 Å². The average Bonchev–Trinajstić information content (AvgIpc) is 2.82. The molecular weight excluding hydrogens is 329 g/mol. The summed E-state index contributed by atoms with van der Waals surface area (Å²) in [5.74, 6) is 1.34. The van der Waals surface area contributed by atoms with E-state index in [1.54, 1.807) is 0 Å². The van der Waals surface area contributed by atoms with Crippen molar-refractivity contribution in [1.82, 2.24) is 5.32 Å². The van der Waals surface area contributed by atoms with Gasteiger partial charge in [-0.1, -0.05) is 12.1 Å². The van der Waals surface area contributed by atoms with E-state index in [0.717, 1.165) is 11.7 Å². The Morgan fingerprint density at radius 3 is 2.75 bits per heavy atom. The van der Waals surface area contributed by atoms with Crippen LogP contribution in [0.2, 0.25) is 0 Å². The summed E-state index contributed by atoms with van der Waals surface area (Å²) in [6.07, 6.45) is 3.92. The van der Waals surface area contributed by atoms with Gasteiger partial charge in [-0.15, -0.1) is 0 Å². The van der Waals surface area contributed by atoms with E-state index in [2.05, 4.69) is 71.0 Å². The van der Waals surface area contributed by atoms with Gasteiger partial charge in [0, 0.05) is 14.9 Å². The zero-order valence-electron chi connectivity index (χ0n) is 9.58. The quantitative estimate of drug-likeness (QED) is 0.839. The highest BCUT2D eigenvalue weighted by molar-refractivity contribution is 14.1. The van der Waals surface area contributed by atoms with E-state index in [-0.39, 0.29) is 0 Å². The lowest BCUT2D eigenvalue weighted by atomic mass is 10.0. The van der Waals surface area contributed by atoms with Crippen LogP contribution in [0.25, 0.3) is 0 Å². The molecule has 3 heteroatoms. The fourth-order valence-corrected chi connectivity index (χ4v) is 4.01. The SMILES string of the molecule is CNC(Cc1ccc(I)cc1)C1CCCS1. The standard InChI is InChI=1S/C13H18INS/c1-15-12(13-3-2-8-16-13)9-10-4-6-11(14)7-5-10/h4-7,12-13,15H,2-3,8-9H2,1H3. The van der Waals surface area contributed by atoms with E-state index < -0.39 is 0 Å². The summed E-state index contributed by atoms with van der Waals surface area (Å²) >= 11 is 4.49. The fraction of sp³-hybridized carbons (Fsp3) is 0.538. The smallest absolute Gasteiger partial charge is 0.0223 e. The molecule has 16 heavy (non-hydrogen) atoms. The number of halogens is 1. The highest BCUT2D eigenvalue weighted by Gasteiger charge is 2.24. The van der Waals surface area contributed by atoms with Crippen molar-refractivity contribution in [2.24, 2.45) is 0 Å². The maximum atomic E-state index is 3.48. The Morgan fingerprint density at radius 2 is 2.19 bits per heavy atom. The second kappa shape index (κ2) is 6.26. The first-order valence-corrected chi connectivity index (χ1v) is 7.95. The highest BCUT2D eigenvalue weighted by atomic mass is 127. The minimum atomic E-state index is 0.632. The molecule has 0 radical (unpaired) electrons. The molecule has 0 amide bonds. The molecule has 1 aromatic rings. The van der Waals surface area contributed by atoms with Gasteiger partial charge in [0.15, 0.2) is 0 Å². The lowest BCUT2D eigenvalue weighted by molar-refractivity contribution is 0.524. The van der Waals surface area contributed by atoms with Crippen LogP contribution in [-0.2, 0) is 6.42 Å². The van der Waals surface area contributed by atoms with E-state index >= 15 is 0 Å². The van der Waals surface area contributed by atoms with Gasteiger partial charge in [0.2, 0.25) is 0 Å². The molecule has 1 nitrogen and oxygen atoms in total. The van der Waals surface area contributed by atoms with Gasteiger partial charge in [-0.05, 0) is 72.4 Å². The van der Waals surface area contributed by atoms with E-state index in [1.807, 2.05) is 0 Å². The number of benzene rings is 1. The third kappa shape index (κ3) is 3.37. The summed E-state index contributed by atoms with van der Waals surface area (Å²) in [5.41, 5.74) is 1.45. The molecule has 1 heterocycles. The summed E-state index contributed by atoms with van der Waals surface area (Å²) in [4.78, 5) is 0. The molecule has 1 saturated heterocycles. The molecule has 0 saturated carbocycles. The van der Waals surface area contributed by atoms with Crippen LogP contribution < -0.4 is 5.32 Å². The predicted molar refractivity (Wildman–Crippen MR) is 81.2 cm³/mol. The van der Waals surface area contributed by atoms with Gasteiger partial charge in [-0.3, -0.25) is 0 Å². The van der Waals surface area contributed by atoms with Gasteiger partial charge in [-0.25, -0.2) is 0 Å². The number of hydrogen-bond donors (Lipinski definition) is 1. The van der Waals surface area contributed by atoms with E-state index in [0.29, 0.717) is 6.04 Å². The van der Waals surface area contributed by atoms with E-state index in [4.69, 9.17) is 0 Å². The highest BCUT2D eigenvalue weighted by Crippen LogP contribution is 2.30. The molecule has 2 rings (SSSR count). The summed E-state index contributed by atoms with van der Waals surface area (Å²) in [7, 11) is 2.09. The van der Waals surface area contributed by atoms with Crippen LogP contribution in [0.4, 0.5) is 0 Å². The molecule has 1 aliphatic heterocycles. The number of nitrogens with one attached hydrogen (secondary N) is 1. The first-order chi connectivity index (χ1) is 7.79. The fourth-order valence-electron chi connectivity index (χ4n) is 2.21. The van der Waals surface area contributed by atoms with Gasteiger partial charge in [-0.2, -0.15) is 11.8 Å². The molecule has 88 valence electrons. The van der Waals surface area contributed by atoms with Crippen LogP contribution in [-0.4, -0.2) is 24.1 Å². The molecule has 0 aromatic heterocycles. The third-order valence-corrected chi connectivity index (χ3v) is 5.39. The summed E-state index contributed by atoms with van der Waals surface area (Å²) < 4.78 is 1.32. The minimum absolute atomic E-state index is 0.632. The largest absolute Gasteiger partial charge is 0.316 e. The van der Waals surface area contributed by atoms with Crippen LogP contribution in [0, 0.1) is 3.57 Å². The molecule has 1 fully saturated rings. The Labute approximate surface area is 116 Å². The number of thioether (sulfide) groups is 1. The molecule has 0 bridgehead atoms. The number of hydrogen-bond acceptors (Lipinski definition) is 2. The van der Waals surface area contributed by atoms with Crippen LogP contribution in [0.5, 0.6) is 0 Å². The Morgan fingerprint density at radius 1 is 1.44 bits per heavy atom. The molecule has 1 aliphatic rings. The van der Waals surface area contributed by atoms with Crippen molar-refractivity contribution in [3.8, 4) is 0 Å². The van der Waals surface area contributed by atoms with Crippen molar-refractivity contribution >= 4 is 34.4 Å². The van der Waals surface area contributed by atoms with Gasteiger partial charge < -0.3 is 5.32 Å². The van der Waals surface area contributed by atoms with Crippen molar-refractivity contribution in [2.45, 2.75) is 30.6 Å². The molecular formula is C13H18INS. The van der Waals surface area contributed by atoms with Gasteiger partial charge >= 0.3 is 0 Å². The Bertz CT molecular complexity index is 319. The molecule has 2 atom stereocenters. The van der Waals surface area contributed by atoms with Crippen molar-refractivity contribution in [1.29, 1.82) is 0 Å². The summed E-state index contributed by atoms with van der Waals surface area (Å²) in [6.45, 7) is 0. The zero-order chi connectivity index (χ0) is 11.4. The topological polar surface area (TPSA) is 12.0 Å². The lowest BCUT2D eigenvalue weighted by Crippen LogP contribution is -2.36. The average molecular weight is 347 g/mol. The Hall–Kier alpha value is 0.260. The minimum Gasteiger partial charge on any atom is -0.316 e. The first kappa shape index (κ1) is 12.7. The monoisotopic (exact) mass is 347 g/mol. The van der Waals surface area contributed by atoms with E-state index in [9.17, 15) is 0 Å². The maximum Gasteiger partial charge on any atom is 0.0223 e. The zero-order valence-corrected chi connectivity index (χ0v) is 12.6. The number of rotatable bonds is 4. The summed E-state index contributed by atoms with van der Waals surface area (Å²) in [5, 5.41) is 4.29. The van der Waals surface area contributed by atoms with Crippen molar-refractivity contribution in [2.75, 3.05) is 12.8 Å². The van der Waals surface area contributed by atoms with Crippen LogP contribution in [0.3, 0.4) is 0 Å². The molecule has 1 N–H and O–H groups in total.